The second-order valence-corrected chi connectivity index (χ2v) is 7.13. The summed E-state index contributed by atoms with van der Waals surface area (Å²) in [5, 5.41) is 22.2. The van der Waals surface area contributed by atoms with Crippen molar-refractivity contribution in [2.75, 3.05) is 20.3 Å². The third kappa shape index (κ3) is 5.04. The molecule has 0 bridgehead atoms. The van der Waals surface area contributed by atoms with E-state index in [1.807, 2.05) is 0 Å². The van der Waals surface area contributed by atoms with Crippen LogP contribution in [0.25, 0.3) is 0 Å². The fourth-order valence-electron chi connectivity index (χ4n) is 3.52. The van der Waals surface area contributed by atoms with E-state index in [4.69, 9.17) is 9.94 Å². The molecule has 7 nitrogen and oxygen atoms in total. The standard InChI is InChI=1S/C16H33N3O4/c1-6-15(3)8-12(9-16(4,7-2)18-15)19(14(21)17-22)10-13(11-20)23-5/h12-13,18,20,22H,6-11H2,1-5H3,(H,17,21). The third-order valence-corrected chi connectivity index (χ3v) is 5.27. The van der Waals surface area contributed by atoms with Crippen molar-refractivity contribution >= 4 is 6.03 Å². The fourth-order valence-corrected chi connectivity index (χ4v) is 3.52. The van der Waals surface area contributed by atoms with Crippen LogP contribution in [0, 0.1) is 0 Å². The van der Waals surface area contributed by atoms with Crippen molar-refractivity contribution in [2.45, 2.75) is 76.6 Å². The lowest BCUT2D eigenvalue weighted by Gasteiger charge is -2.52. The summed E-state index contributed by atoms with van der Waals surface area (Å²) in [7, 11) is 1.50. The van der Waals surface area contributed by atoms with E-state index in [-0.39, 0.29) is 30.3 Å². The number of carbonyl (C=O) groups excluding carboxylic acids is 1. The molecule has 7 heteroatoms. The average Bonchev–Trinajstić information content (AvgIpc) is 2.54. The molecule has 1 rings (SSSR count). The zero-order valence-corrected chi connectivity index (χ0v) is 15.1. The van der Waals surface area contributed by atoms with E-state index in [1.54, 1.807) is 10.4 Å². The number of carbonyl (C=O) groups is 1. The topological polar surface area (TPSA) is 94.1 Å². The molecule has 0 spiro atoms. The number of methoxy groups -OCH3 is 1. The minimum atomic E-state index is -0.552. The number of aliphatic hydroxyl groups excluding tert-OH is 1. The molecule has 1 heterocycles. The molecule has 0 aliphatic carbocycles. The van der Waals surface area contributed by atoms with Crippen LogP contribution >= 0.6 is 0 Å². The van der Waals surface area contributed by atoms with E-state index in [0.29, 0.717) is 0 Å². The Morgan fingerprint density at radius 1 is 1.35 bits per heavy atom. The molecule has 1 fully saturated rings. The van der Waals surface area contributed by atoms with Gasteiger partial charge in [-0.05, 0) is 39.5 Å². The summed E-state index contributed by atoms with van der Waals surface area (Å²) in [5.41, 5.74) is 1.58. The van der Waals surface area contributed by atoms with Crippen molar-refractivity contribution in [3.05, 3.63) is 0 Å². The first kappa shape index (κ1) is 20.2. The van der Waals surface area contributed by atoms with Crippen LogP contribution in [-0.2, 0) is 4.74 Å². The summed E-state index contributed by atoms with van der Waals surface area (Å²) in [6.07, 6.45) is 2.99. The Morgan fingerprint density at radius 2 is 1.87 bits per heavy atom. The zero-order chi connectivity index (χ0) is 17.7. The molecule has 2 amide bonds. The van der Waals surface area contributed by atoms with Gasteiger partial charge in [-0.3, -0.25) is 5.21 Å². The highest BCUT2D eigenvalue weighted by Crippen LogP contribution is 2.35. The summed E-state index contributed by atoms with van der Waals surface area (Å²) < 4.78 is 5.20. The maximum Gasteiger partial charge on any atom is 0.341 e. The molecule has 136 valence electrons. The number of hydrogen-bond donors (Lipinski definition) is 4. The van der Waals surface area contributed by atoms with Crippen LogP contribution in [0.15, 0.2) is 0 Å². The number of hydroxylamine groups is 1. The number of nitrogens with zero attached hydrogens (tertiary/aromatic N) is 1. The first-order valence-corrected chi connectivity index (χ1v) is 8.40. The van der Waals surface area contributed by atoms with Gasteiger partial charge in [-0.1, -0.05) is 13.8 Å². The summed E-state index contributed by atoms with van der Waals surface area (Å²) in [6.45, 7) is 8.67. The van der Waals surface area contributed by atoms with Gasteiger partial charge in [0.25, 0.3) is 0 Å². The maximum atomic E-state index is 12.2. The van der Waals surface area contributed by atoms with Gasteiger partial charge in [-0.2, -0.15) is 0 Å². The Hall–Kier alpha value is -0.890. The van der Waals surface area contributed by atoms with Gasteiger partial charge in [0, 0.05) is 24.2 Å². The van der Waals surface area contributed by atoms with Gasteiger partial charge in [0.2, 0.25) is 0 Å². The van der Waals surface area contributed by atoms with Gasteiger partial charge >= 0.3 is 6.03 Å². The van der Waals surface area contributed by atoms with Crippen molar-refractivity contribution in [2.24, 2.45) is 0 Å². The Balaban J connectivity index is 3.05. The zero-order valence-electron chi connectivity index (χ0n) is 15.1. The van der Waals surface area contributed by atoms with Gasteiger partial charge in [-0.15, -0.1) is 0 Å². The Labute approximate surface area is 139 Å². The Kier molecular flexibility index (Phi) is 7.26. The van der Waals surface area contributed by atoms with Crippen molar-refractivity contribution < 1.29 is 19.8 Å². The molecule has 1 saturated heterocycles. The summed E-state index contributed by atoms with van der Waals surface area (Å²) >= 11 is 0. The van der Waals surface area contributed by atoms with Gasteiger partial charge < -0.3 is 20.1 Å². The van der Waals surface area contributed by atoms with Crippen molar-refractivity contribution in [1.82, 2.24) is 15.7 Å². The third-order valence-electron chi connectivity index (χ3n) is 5.27. The normalized spacial score (nSPS) is 32.4. The van der Waals surface area contributed by atoms with E-state index in [2.05, 4.69) is 33.0 Å². The number of piperidine rings is 1. The number of ether oxygens (including phenoxy) is 1. The van der Waals surface area contributed by atoms with Crippen molar-refractivity contribution in [3.63, 3.8) is 0 Å². The maximum absolute atomic E-state index is 12.2. The van der Waals surface area contributed by atoms with Crippen LogP contribution in [0.3, 0.4) is 0 Å². The molecule has 1 aliphatic rings. The molecule has 0 radical (unpaired) electrons. The van der Waals surface area contributed by atoms with Crippen LogP contribution in [0.5, 0.6) is 0 Å². The number of urea groups is 1. The minimum absolute atomic E-state index is 0.0394. The summed E-state index contributed by atoms with van der Waals surface area (Å²) in [4.78, 5) is 13.8. The average molecular weight is 331 g/mol. The highest BCUT2D eigenvalue weighted by molar-refractivity contribution is 5.73. The van der Waals surface area contributed by atoms with Gasteiger partial charge in [0.05, 0.1) is 19.3 Å². The molecule has 23 heavy (non-hydrogen) atoms. The molecule has 0 aromatic heterocycles. The number of nitrogens with one attached hydrogen (secondary N) is 2. The second-order valence-electron chi connectivity index (χ2n) is 7.13. The number of rotatable bonds is 7. The van der Waals surface area contributed by atoms with Gasteiger partial charge in [0.15, 0.2) is 0 Å². The second kappa shape index (κ2) is 8.28. The lowest BCUT2D eigenvalue weighted by Crippen LogP contribution is -2.65. The largest absolute Gasteiger partial charge is 0.394 e. The molecular formula is C16H33N3O4. The van der Waals surface area contributed by atoms with E-state index >= 15 is 0 Å². The molecule has 0 saturated carbocycles. The summed E-state index contributed by atoms with van der Waals surface area (Å²) in [6, 6.07) is -0.591. The fraction of sp³-hybridized carbons (Fsp3) is 0.938. The van der Waals surface area contributed by atoms with E-state index in [0.717, 1.165) is 25.7 Å². The van der Waals surface area contributed by atoms with E-state index in [1.165, 1.54) is 7.11 Å². The lowest BCUT2D eigenvalue weighted by molar-refractivity contribution is -0.00337. The molecule has 0 aromatic carbocycles. The Bertz CT molecular complexity index is 374. The molecule has 0 aromatic rings. The van der Waals surface area contributed by atoms with Crippen LogP contribution < -0.4 is 10.8 Å². The quantitative estimate of drug-likeness (QED) is 0.419. The van der Waals surface area contributed by atoms with Gasteiger partial charge in [0.1, 0.15) is 0 Å². The van der Waals surface area contributed by atoms with Crippen molar-refractivity contribution in [1.29, 1.82) is 0 Å². The SMILES string of the molecule is CCC1(C)CC(N(CC(CO)OC)C(=O)NO)CC(C)(CC)N1. The molecule has 3 atom stereocenters. The predicted molar refractivity (Wildman–Crippen MR) is 88.5 cm³/mol. The first-order chi connectivity index (χ1) is 10.8. The molecule has 1 aliphatic heterocycles. The number of hydrogen-bond acceptors (Lipinski definition) is 5. The predicted octanol–water partition coefficient (Wildman–Crippen LogP) is 1.48. The highest BCUT2D eigenvalue weighted by atomic mass is 16.5. The van der Waals surface area contributed by atoms with E-state index < -0.39 is 12.1 Å². The van der Waals surface area contributed by atoms with Crippen LogP contribution in [-0.4, -0.2) is 64.7 Å². The lowest BCUT2D eigenvalue weighted by atomic mass is 9.75. The smallest absolute Gasteiger partial charge is 0.341 e. The number of amides is 2. The van der Waals surface area contributed by atoms with Crippen LogP contribution in [0.1, 0.15) is 53.4 Å². The van der Waals surface area contributed by atoms with Crippen molar-refractivity contribution in [3.8, 4) is 0 Å². The molecule has 3 unspecified atom stereocenters. The van der Waals surface area contributed by atoms with Crippen LogP contribution in [0.4, 0.5) is 4.79 Å². The summed E-state index contributed by atoms with van der Waals surface area (Å²) in [5.74, 6) is 0. The van der Waals surface area contributed by atoms with Crippen LogP contribution in [0.2, 0.25) is 0 Å². The monoisotopic (exact) mass is 331 g/mol. The first-order valence-electron chi connectivity index (χ1n) is 8.40. The van der Waals surface area contributed by atoms with E-state index in [9.17, 15) is 9.90 Å². The number of aliphatic hydroxyl groups is 1. The highest BCUT2D eigenvalue weighted by Gasteiger charge is 2.44. The van der Waals surface area contributed by atoms with Gasteiger partial charge in [-0.25, -0.2) is 10.3 Å². The molecule has 4 N–H and O–H groups in total. The Morgan fingerprint density at radius 3 is 2.22 bits per heavy atom. The molecular weight excluding hydrogens is 298 g/mol. The minimum Gasteiger partial charge on any atom is -0.394 e.